The highest BCUT2D eigenvalue weighted by molar-refractivity contribution is 6.30. The van der Waals surface area contributed by atoms with Crippen LogP contribution in [0.4, 0.5) is 0 Å². The highest BCUT2D eigenvalue weighted by Crippen LogP contribution is 2.21. The molecule has 0 spiro atoms. The SMILES string of the molecule is CCOC(=O)c1cc(OC(=O)c2ccc(COc3ccc(Cl)cc3)cc2)cc(C(=O)OCC)c1. The summed E-state index contributed by atoms with van der Waals surface area (Å²) in [6.07, 6.45) is 0. The van der Waals surface area contributed by atoms with Crippen molar-refractivity contribution in [1.82, 2.24) is 0 Å². The van der Waals surface area contributed by atoms with Gasteiger partial charge in [-0.15, -0.1) is 0 Å². The first-order chi connectivity index (χ1) is 16.4. The molecule has 8 heteroatoms. The summed E-state index contributed by atoms with van der Waals surface area (Å²) < 4.78 is 21.1. The van der Waals surface area contributed by atoms with Crippen molar-refractivity contribution in [3.05, 3.63) is 94.0 Å². The standard InChI is InChI=1S/C26H23ClO7/c1-3-31-24(28)19-13-20(25(29)32-4-2)15-23(14-19)34-26(30)18-7-5-17(6-8-18)16-33-22-11-9-21(27)10-12-22/h5-15H,3-4,16H2,1-2H3. The number of rotatable bonds is 9. The molecule has 0 aliphatic rings. The lowest BCUT2D eigenvalue weighted by Gasteiger charge is -2.10. The second-order valence-electron chi connectivity index (χ2n) is 7.02. The highest BCUT2D eigenvalue weighted by Gasteiger charge is 2.17. The molecule has 0 amide bonds. The van der Waals surface area contributed by atoms with Gasteiger partial charge < -0.3 is 18.9 Å². The monoisotopic (exact) mass is 482 g/mol. The summed E-state index contributed by atoms with van der Waals surface area (Å²) in [5.41, 5.74) is 1.28. The topological polar surface area (TPSA) is 88.1 Å². The van der Waals surface area contributed by atoms with Crippen molar-refractivity contribution < 1.29 is 33.3 Å². The van der Waals surface area contributed by atoms with Crippen LogP contribution in [0.2, 0.25) is 5.02 Å². The molecule has 0 unspecified atom stereocenters. The van der Waals surface area contributed by atoms with Gasteiger partial charge in [-0.2, -0.15) is 0 Å². The van der Waals surface area contributed by atoms with E-state index in [0.717, 1.165) is 5.56 Å². The van der Waals surface area contributed by atoms with E-state index < -0.39 is 17.9 Å². The Morgan fingerprint density at radius 1 is 0.676 bits per heavy atom. The molecule has 3 aromatic rings. The number of halogens is 1. The molecule has 0 atom stereocenters. The fraction of sp³-hybridized carbons (Fsp3) is 0.192. The molecule has 7 nitrogen and oxygen atoms in total. The maximum absolute atomic E-state index is 12.7. The lowest BCUT2D eigenvalue weighted by molar-refractivity contribution is 0.0521. The summed E-state index contributed by atoms with van der Waals surface area (Å²) >= 11 is 5.87. The zero-order valence-corrected chi connectivity index (χ0v) is 19.5. The maximum Gasteiger partial charge on any atom is 0.343 e. The molecular weight excluding hydrogens is 460 g/mol. The Balaban J connectivity index is 1.71. The first kappa shape index (κ1) is 24.8. The van der Waals surface area contributed by atoms with E-state index in [1.807, 2.05) is 0 Å². The van der Waals surface area contributed by atoms with Gasteiger partial charge in [-0.25, -0.2) is 14.4 Å². The number of benzene rings is 3. The summed E-state index contributed by atoms with van der Waals surface area (Å²) in [5.74, 6) is -1.24. The summed E-state index contributed by atoms with van der Waals surface area (Å²) in [4.78, 5) is 37.0. The Bertz CT molecular complexity index is 1120. The van der Waals surface area contributed by atoms with Crippen LogP contribution in [-0.4, -0.2) is 31.1 Å². The van der Waals surface area contributed by atoms with E-state index in [-0.39, 0.29) is 35.7 Å². The molecule has 0 saturated carbocycles. The quantitative estimate of drug-likeness (QED) is 0.294. The molecule has 0 N–H and O–H groups in total. The van der Waals surface area contributed by atoms with E-state index in [1.165, 1.54) is 18.2 Å². The number of ether oxygens (including phenoxy) is 4. The smallest absolute Gasteiger partial charge is 0.343 e. The minimum atomic E-state index is -0.652. The molecule has 0 heterocycles. The van der Waals surface area contributed by atoms with E-state index in [1.54, 1.807) is 62.4 Å². The summed E-state index contributed by atoms with van der Waals surface area (Å²) in [6, 6.07) is 17.7. The predicted molar refractivity (Wildman–Crippen MR) is 126 cm³/mol. The third-order valence-electron chi connectivity index (χ3n) is 4.55. The van der Waals surface area contributed by atoms with Gasteiger partial charge in [-0.3, -0.25) is 0 Å². The largest absolute Gasteiger partial charge is 0.489 e. The van der Waals surface area contributed by atoms with Crippen molar-refractivity contribution in [2.45, 2.75) is 20.5 Å². The molecule has 0 fully saturated rings. The summed E-state index contributed by atoms with van der Waals surface area (Å²) in [5, 5.41) is 0.623. The Kier molecular flexibility index (Phi) is 8.65. The van der Waals surface area contributed by atoms with Crippen LogP contribution < -0.4 is 9.47 Å². The van der Waals surface area contributed by atoms with Gasteiger partial charge in [0.1, 0.15) is 18.1 Å². The van der Waals surface area contributed by atoms with E-state index in [9.17, 15) is 14.4 Å². The second-order valence-corrected chi connectivity index (χ2v) is 7.45. The highest BCUT2D eigenvalue weighted by atomic mass is 35.5. The molecule has 0 aliphatic carbocycles. The third-order valence-corrected chi connectivity index (χ3v) is 4.80. The Hall–Kier alpha value is -3.84. The van der Waals surface area contributed by atoms with Gasteiger partial charge in [0.2, 0.25) is 0 Å². The molecule has 0 saturated heterocycles. The van der Waals surface area contributed by atoms with Crippen molar-refractivity contribution >= 4 is 29.5 Å². The fourth-order valence-electron chi connectivity index (χ4n) is 2.92. The van der Waals surface area contributed by atoms with E-state index in [2.05, 4.69) is 0 Å². The Morgan fingerprint density at radius 3 is 1.76 bits per heavy atom. The van der Waals surface area contributed by atoms with E-state index in [4.69, 9.17) is 30.5 Å². The van der Waals surface area contributed by atoms with Crippen LogP contribution >= 0.6 is 11.6 Å². The van der Waals surface area contributed by atoms with Crippen molar-refractivity contribution in [3.63, 3.8) is 0 Å². The molecular formula is C26H23ClO7. The van der Waals surface area contributed by atoms with Crippen molar-refractivity contribution in [2.24, 2.45) is 0 Å². The lowest BCUT2D eigenvalue weighted by atomic mass is 10.1. The number of carbonyl (C=O) groups is 3. The molecule has 0 aromatic heterocycles. The van der Waals surface area contributed by atoms with Gasteiger partial charge in [0.05, 0.1) is 29.9 Å². The average molecular weight is 483 g/mol. The van der Waals surface area contributed by atoms with Crippen molar-refractivity contribution in [3.8, 4) is 11.5 Å². The number of esters is 3. The van der Waals surface area contributed by atoms with Crippen LogP contribution in [0, 0.1) is 0 Å². The molecule has 0 bridgehead atoms. The lowest BCUT2D eigenvalue weighted by Crippen LogP contribution is -2.13. The van der Waals surface area contributed by atoms with E-state index in [0.29, 0.717) is 17.4 Å². The van der Waals surface area contributed by atoms with Crippen molar-refractivity contribution in [1.29, 1.82) is 0 Å². The van der Waals surface area contributed by atoms with Gasteiger partial charge in [0, 0.05) is 5.02 Å². The third kappa shape index (κ3) is 6.83. The zero-order chi connectivity index (χ0) is 24.5. The van der Waals surface area contributed by atoms with Crippen LogP contribution in [0.5, 0.6) is 11.5 Å². The van der Waals surface area contributed by atoms with Gasteiger partial charge in [0.25, 0.3) is 0 Å². The fourth-order valence-corrected chi connectivity index (χ4v) is 3.05. The van der Waals surface area contributed by atoms with Crippen LogP contribution in [-0.2, 0) is 16.1 Å². The number of hydrogen-bond acceptors (Lipinski definition) is 7. The van der Waals surface area contributed by atoms with Gasteiger partial charge >= 0.3 is 17.9 Å². The van der Waals surface area contributed by atoms with Crippen LogP contribution in [0.15, 0.2) is 66.7 Å². The molecule has 3 aromatic carbocycles. The van der Waals surface area contributed by atoms with Crippen molar-refractivity contribution in [2.75, 3.05) is 13.2 Å². The molecule has 176 valence electrons. The number of hydrogen-bond donors (Lipinski definition) is 0. The summed E-state index contributed by atoms with van der Waals surface area (Å²) in [6.45, 7) is 3.95. The van der Waals surface area contributed by atoms with Gasteiger partial charge in [-0.05, 0) is 74.0 Å². The van der Waals surface area contributed by atoms with E-state index >= 15 is 0 Å². The Morgan fingerprint density at radius 2 is 1.24 bits per heavy atom. The zero-order valence-electron chi connectivity index (χ0n) is 18.7. The van der Waals surface area contributed by atoms with Crippen LogP contribution in [0.25, 0.3) is 0 Å². The normalized spacial score (nSPS) is 10.3. The predicted octanol–water partition coefficient (Wildman–Crippen LogP) is 5.49. The molecule has 0 aliphatic heterocycles. The first-order valence-corrected chi connectivity index (χ1v) is 11.0. The molecule has 34 heavy (non-hydrogen) atoms. The van der Waals surface area contributed by atoms with Crippen LogP contribution in [0.1, 0.15) is 50.5 Å². The Labute approximate surface area is 202 Å². The number of carbonyl (C=O) groups excluding carboxylic acids is 3. The van der Waals surface area contributed by atoms with Crippen LogP contribution in [0.3, 0.4) is 0 Å². The summed E-state index contributed by atoms with van der Waals surface area (Å²) in [7, 11) is 0. The minimum absolute atomic E-state index is 0.0220. The minimum Gasteiger partial charge on any atom is -0.489 e. The second kappa shape index (κ2) is 11.9. The molecule has 3 rings (SSSR count). The first-order valence-electron chi connectivity index (χ1n) is 10.6. The average Bonchev–Trinajstić information content (AvgIpc) is 2.84. The van der Waals surface area contributed by atoms with Gasteiger partial charge in [-0.1, -0.05) is 23.7 Å². The maximum atomic E-state index is 12.7. The molecule has 0 radical (unpaired) electrons. The van der Waals surface area contributed by atoms with Gasteiger partial charge in [0.15, 0.2) is 0 Å².